The highest BCUT2D eigenvalue weighted by molar-refractivity contribution is 7.49. The van der Waals surface area contributed by atoms with Crippen LogP contribution in [0.2, 0.25) is 0 Å². The summed E-state index contributed by atoms with van der Waals surface area (Å²) in [6.45, 7) is -0.776. The average Bonchev–Trinajstić information content (AvgIpc) is 2.13. The Bertz CT molecular complexity index is 262. The minimum absolute atomic E-state index is 0.776. The first-order chi connectivity index (χ1) is 6.79. The van der Waals surface area contributed by atoms with Crippen molar-refractivity contribution in [3.05, 3.63) is 0 Å². The number of rotatable bonds is 2. The molecular weight excluding hydrogens is 231 g/mol. The normalized spacial score (nSPS) is 42.9. The van der Waals surface area contributed by atoms with Gasteiger partial charge in [-0.15, -0.1) is 0 Å². The molecule has 0 spiro atoms. The predicted octanol–water partition coefficient (Wildman–Crippen LogP) is -4.30. The Balaban J connectivity index is 2.88. The molecule has 0 aliphatic carbocycles. The van der Waals surface area contributed by atoms with Crippen molar-refractivity contribution in [3.8, 4) is 0 Å². The summed E-state index contributed by atoms with van der Waals surface area (Å²) in [6.07, 6.45) is -6.93. The van der Waals surface area contributed by atoms with Crippen molar-refractivity contribution in [2.24, 2.45) is 0 Å². The van der Waals surface area contributed by atoms with Gasteiger partial charge in [-0.25, -0.2) is 0 Å². The largest absolute Gasteiger partial charge is 0.809 e. The number of ether oxygens (including phenoxy) is 1. The summed E-state index contributed by atoms with van der Waals surface area (Å²) in [5, 5.41) is 36.2. The molecule has 0 aromatic rings. The number of hydrogen-bond acceptors (Lipinski definition) is 8. The van der Waals surface area contributed by atoms with Gasteiger partial charge in [-0.2, -0.15) is 0 Å². The standard InChI is InChI=1S/C6H13O8P/c7-1-2-3(8)4(9)5(10)6(14-2)15(11,12)13/h2-10H,1H2,(H2,11,12,13)/p-2/t2-,3-,4+,5-,6-/m1/s1. The van der Waals surface area contributed by atoms with Crippen LogP contribution in [0.3, 0.4) is 0 Å². The molecule has 15 heavy (non-hydrogen) atoms. The van der Waals surface area contributed by atoms with Gasteiger partial charge in [0.15, 0.2) is 0 Å². The molecule has 0 amide bonds. The van der Waals surface area contributed by atoms with E-state index in [0.29, 0.717) is 0 Å². The first-order valence-electron chi connectivity index (χ1n) is 4.11. The molecule has 1 rings (SSSR count). The first-order valence-corrected chi connectivity index (χ1v) is 5.72. The van der Waals surface area contributed by atoms with E-state index in [9.17, 15) is 24.6 Å². The fourth-order valence-corrected chi connectivity index (χ4v) is 2.20. The molecular formula is C6H11O8P-2. The molecule has 0 bridgehead atoms. The Hall–Kier alpha value is -0.0500. The number of hydrogen-bond donors (Lipinski definition) is 4. The Morgan fingerprint density at radius 3 is 2.07 bits per heavy atom. The molecule has 0 radical (unpaired) electrons. The van der Waals surface area contributed by atoms with Gasteiger partial charge in [-0.05, 0) is 7.60 Å². The van der Waals surface area contributed by atoms with Crippen LogP contribution in [0.25, 0.3) is 0 Å². The van der Waals surface area contributed by atoms with E-state index in [1.165, 1.54) is 0 Å². The van der Waals surface area contributed by atoms with Gasteiger partial charge in [0.25, 0.3) is 0 Å². The highest BCUT2D eigenvalue weighted by Crippen LogP contribution is 2.39. The van der Waals surface area contributed by atoms with Crippen LogP contribution >= 0.6 is 7.60 Å². The summed E-state index contributed by atoms with van der Waals surface area (Å²) in [5.41, 5.74) is 0. The SMILES string of the molecule is O=P([O-])([O-])[C@H]1O[C@H](CO)[C@@H](O)[C@H](O)[C@H]1O. The zero-order chi connectivity index (χ0) is 11.8. The Labute approximate surface area is 84.9 Å². The molecule has 0 aromatic heterocycles. The Morgan fingerprint density at radius 1 is 1.13 bits per heavy atom. The van der Waals surface area contributed by atoms with Gasteiger partial charge in [0.2, 0.25) is 0 Å². The summed E-state index contributed by atoms with van der Waals surface area (Å²) >= 11 is 0. The third-order valence-corrected chi connectivity index (χ3v) is 3.23. The summed E-state index contributed by atoms with van der Waals surface area (Å²) in [6, 6.07) is 0. The summed E-state index contributed by atoms with van der Waals surface area (Å²) < 4.78 is 15.1. The first kappa shape index (κ1) is 13.0. The zero-order valence-corrected chi connectivity index (χ0v) is 8.36. The second-order valence-corrected chi connectivity index (χ2v) is 4.85. The minimum atomic E-state index is -5.27. The van der Waals surface area contributed by atoms with Crippen molar-refractivity contribution < 1.29 is 39.5 Å². The highest BCUT2D eigenvalue weighted by atomic mass is 31.2. The van der Waals surface area contributed by atoms with Gasteiger partial charge in [0.1, 0.15) is 30.3 Å². The maximum Gasteiger partial charge on any atom is 0.113 e. The van der Waals surface area contributed by atoms with Crippen LogP contribution in [0.4, 0.5) is 0 Å². The third-order valence-electron chi connectivity index (χ3n) is 2.18. The van der Waals surface area contributed by atoms with Crippen molar-refractivity contribution >= 4 is 7.60 Å². The molecule has 90 valence electrons. The minimum Gasteiger partial charge on any atom is -0.809 e. The van der Waals surface area contributed by atoms with E-state index in [-0.39, 0.29) is 0 Å². The molecule has 1 aliphatic heterocycles. The van der Waals surface area contributed by atoms with Gasteiger partial charge in [-0.1, -0.05) is 0 Å². The molecule has 1 aliphatic rings. The summed E-state index contributed by atoms with van der Waals surface area (Å²) in [5.74, 6) is -2.16. The Kier molecular flexibility index (Phi) is 3.85. The van der Waals surface area contributed by atoms with E-state index < -0.39 is 44.5 Å². The smallest absolute Gasteiger partial charge is 0.113 e. The van der Waals surface area contributed by atoms with Crippen LogP contribution < -0.4 is 9.79 Å². The topological polar surface area (TPSA) is 153 Å². The molecule has 0 saturated carbocycles. The van der Waals surface area contributed by atoms with Crippen LogP contribution in [-0.4, -0.2) is 57.3 Å². The molecule has 4 N–H and O–H groups in total. The lowest BCUT2D eigenvalue weighted by molar-refractivity contribution is -0.336. The molecule has 0 aromatic carbocycles. The lowest BCUT2D eigenvalue weighted by atomic mass is 10.0. The van der Waals surface area contributed by atoms with Crippen molar-refractivity contribution in [3.63, 3.8) is 0 Å². The number of aliphatic hydroxyl groups is 4. The molecule has 9 heteroatoms. The van der Waals surface area contributed by atoms with E-state index in [2.05, 4.69) is 4.74 Å². The van der Waals surface area contributed by atoms with Gasteiger partial charge in [-0.3, -0.25) is 0 Å². The van der Waals surface area contributed by atoms with Gasteiger partial charge >= 0.3 is 0 Å². The maximum absolute atomic E-state index is 10.6. The molecule has 1 heterocycles. The predicted molar refractivity (Wildman–Crippen MR) is 41.4 cm³/mol. The van der Waals surface area contributed by atoms with Crippen molar-refractivity contribution in [1.82, 2.24) is 0 Å². The Morgan fingerprint density at radius 2 is 1.67 bits per heavy atom. The molecule has 0 unspecified atom stereocenters. The van der Waals surface area contributed by atoms with Crippen LogP contribution in [0, 0.1) is 0 Å². The quantitative estimate of drug-likeness (QED) is 0.354. The van der Waals surface area contributed by atoms with Crippen LogP contribution in [0.5, 0.6) is 0 Å². The van der Waals surface area contributed by atoms with Gasteiger partial charge in [0, 0.05) is 0 Å². The molecule has 1 saturated heterocycles. The van der Waals surface area contributed by atoms with Crippen molar-refractivity contribution in [2.45, 2.75) is 30.3 Å². The van der Waals surface area contributed by atoms with Crippen molar-refractivity contribution in [2.75, 3.05) is 6.61 Å². The van der Waals surface area contributed by atoms with E-state index in [0.717, 1.165) is 0 Å². The second-order valence-electron chi connectivity index (χ2n) is 3.26. The highest BCUT2D eigenvalue weighted by Gasteiger charge is 2.44. The molecule has 5 atom stereocenters. The van der Waals surface area contributed by atoms with Gasteiger partial charge in [0.05, 0.1) is 6.61 Å². The van der Waals surface area contributed by atoms with Crippen molar-refractivity contribution in [1.29, 1.82) is 0 Å². The van der Waals surface area contributed by atoms with Crippen LogP contribution in [0.1, 0.15) is 0 Å². The molecule has 1 fully saturated rings. The average molecular weight is 242 g/mol. The van der Waals surface area contributed by atoms with Gasteiger partial charge < -0.3 is 39.5 Å². The van der Waals surface area contributed by atoms with E-state index in [1.807, 2.05) is 0 Å². The number of aliphatic hydroxyl groups excluding tert-OH is 4. The lowest BCUT2D eigenvalue weighted by Crippen LogP contribution is -2.59. The van der Waals surface area contributed by atoms with Crippen LogP contribution in [-0.2, 0) is 9.30 Å². The second kappa shape index (κ2) is 4.44. The molecule has 8 nitrogen and oxygen atoms in total. The third kappa shape index (κ3) is 2.55. The fraction of sp³-hybridized carbons (Fsp3) is 1.00. The van der Waals surface area contributed by atoms with E-state index >= 15 is 0 Å². The zero-order valence-electron chi connectivity index (χ0n) is 7.46. The monoisotopic (exact) mass is 242 g/mol. The fourth-order valence-electron chi connectivity index (χ4n) is 1.34. The summed E-state index contributed by atoms with van der Waals surface area (Å²) in [7, 11) is -5.27. The lowest BCUT2D eigenvalue weighted by Gasteiger charge is -2.48. The van der Waals surface area contributed by atoms with E-state index in [1.54, 1.807) is 0 Å². The van der Waals surface area contributed by atoms with E-state index in [4.69, 9.17) is 10.2 Å². The van der Waals surface area contributed by atoms with Crippen LogP contribution in [0.15, 0.2) is 0 Å². The maximum atomic E-state index is 10.6. The summed E-state index contributed by atoms with van der Waals surface area (Å²) in [4.78, 5) is 21.2.